The molecule has 0 radical (unpaired) electrons. The van der Waals surface area contributed by atoms with Gasteiger partial charge in [0.1, 0.15) is 10.7 Å². The summed E-state index contributed by atoms with van der Waals surface area (Å²) in [6, 6.07) is 1.31. The quantitative estimate of drug-likeness (QED) is 0.896. The van der Waals surface area contributed by atoms with Gasteiger partial charge in [-0.3, -0.25) is 0 Å². The zero-order valence-electron chi connectivity index (χ0n) is 10.8. The molecule has 19 heavy (non-hydrogen) atoms. The summed E-state index contributed by atoms with van der Waals surface area (Å²) < 4.78 is 27.3. The molecule has 1 aromatic heterocycles. The first kappa shape index (κ1) is 14.6. The molecule has 3 N–H and O–H groups in total. The van der Waals surface area contributed by atoms with Crippen molar-refractivity contribution in [1.29, 1.82) is 0 Å². The highest BCUT2D eigenvalue weighted by atomic mass is 35.5. The van der Waals surface area contributed by atoms with Gasteiger partial charge in [-0.05, 0) is 24.8 Å². The predicted octanol–water partition coefficient (Wildman–Crippen LogP) is 2.17. The average Bonchev–Trinajstić information content (AvgIpc) is 2.35. The van der Waals surface area contributed by atoms with E-state index in [0.717, 1.165) is 25.7 Å². The Balaban J connectivity index is 2.19. The van der Waals surface area contributed by atoms with E-state index < -0.39 is 10.0 Å². The molecule has 0 aromatic carbocycles. The van der Waals surface area contributed by atoms with Gasteiger partial charge in [0.25, 0.3) is 0 Å². The van der Waals surface area contributed by atoms with Crippen LogP contribution in [0.1, 0.15) is 32.6 Å². The highest BCUT2D eigenvalue weighted by molar-refractivity contribution is 7.89. The molecule has 1 saturated carbocycles. The predicted molar refractivity (Wildman–Crippen MR) is 75.4 cm³/mol. The van der Waals surface area contributed by atoms with Crippen molar-refractivity contribution in [2.45, 2.75) is 43.5 Å². The summed E-state index contributed by atoms with van der Waals surface area (Å²) in [7, 11) is -3.58. The maximum absolute atomic E-state index is 12.3. The molecule has 7 heteroatoms. The molecule has 0 saturated heterocycles. The molecule has 0 amide bonds. The zero-order chi connectivity index (χ0) is 14.0. The van der Waals surface area contributed by atoms with Gasteiger partial charge in [-0.2, -0.15) is 0 Å². The Morgan fingerprint density at radius 1 is 1.42 bits per heavy atom. The second kappa shape index (κ2) is 5.64. The molecule has 2 atom stereocenters. The maximum atomic E-state index is 12.3. The minimum absolute atomic E-state index is 0.0184. The van der Waals surface area contributed by atoms with Gasteiger partial charge in [0.05, 0.1) is 5.02 Å². The number of nitrogens with one attached hydrogen (secondary N) is 1. The van der Waals surface area contributed by atoms with Crippen LogP contribution in [0.2, 0.25) is 5.02 Å². The molecule has 2 rings (SSSR count). The van der Waals surface area contributed by atoms with Crippen molar-refractivity contribution in [2.24, 2.45) is 5.92 Å². The first-order valence-electron chi connectivity index (χ1n) is 6.33. The molecule has 0 spiro atoms. The summed E-state index contributed by atoms with van der Waals surface area (Å²) in [6.07, 6.45) is 5.37. The van der Waals surface area contributed by atoms with Gasteiger partial charge < -0.3 is 5.73 Å². The summed E-state index contributed by atoms with van der Waals surface area (Å²) in [6.45, 7) is 2.07. The largest absolute Gasteiger partial charge is 0.382 e. The minimum atomic E-state index is -3.58. The number of nitrogen functional groups attached to an aromatic ring is 1. The first-order valence-corrected chi connectivity index (χ1v) is 8.19. The van der Waals surface area contributed by atoms with E-state index in [-0.39, 0.29) is 21.8 Å². The summed E-state index contributed by atoms with van der Waals surface area (Å²) in [5, 5.41) is 0.152. The van der Waals surface area contributed by atoms with Gasteiger partial charge in [-0.25, -0.2) is 18.1 Å². The van der Waals surface area contributed by atoms with Crippen molar-refractivity contribution < 1.29 is 8.42 Å². The highest BCUT2D eigenvalue weighted by Gasteiger charge is 2.27. The number of nitrogens with two attached hydrogens (primary N) is 1. The van der Waals surface area contributed by atoms with Crippen molar-refractivity contribution in [3.8, 4) is 0 Å². The van der Waals surface area contributed by atoms with E-state index >= 15 is 0 Å². The Morgan fingerprint density at radius 3 is 2.74 bits per heavy atom. The van der Waals surface area contributed by atoms with E-state index in [2.05, 4.69) is 16.6 Å². The van der Waals surface area contributed by atoms with E-state index in [1.807, 2.05) is 0 Å². The van der Waals surface area contributed by atoms with E-state index in [1.54, 1.807) is 0 Å². The van der Waals surface area contributed by atoms with Crippen LogP contribution in [0.25, 0.3) is 0 Å². The molecular weight excluding hydrogens is 286 g/mol. The van der Waals surface area contributed by atoms with Crippen LogP contribution >= 0.6 is 11.6 Å². The third kappa shape index (κ3) is 3.38. The number of sulfonamides is 1. The van der Waals surface area contributed by atoms with Crippen LogP contribution < -0.4 is 10.5 Å². The smallest absolute Gasteiger partial charge is 0.242 e. The normalized spacial score (nSPS) is 24.3. The van der Waals surface area contributed by atoms with Crippen LogP contribution in [-0.2, 0) is 10.0 Å². The third-order valence-electron chi connectivity index (χ3n) is 3.57. The topological polar surface area (TPSA) is 85.1 Å². The number of hydrogen-bond acceptors (Lipinski definition) is 4. The molecule has 1 aromatic rings. The Labute approximate surface area is 118 Å². The number of nitrogens with zero attached hydrogens (tertiary/aromatic N) is 1. The molecule has 0 aliphatic heterocycles. The van der Waals surface area contributed by atoms with Gasteiger partial charge in [0.15, 0.2) is 0 Å². The molecule has 0 bridgehead atoms. The van der Waals surface area contributed by atoms with E-state index in [9.17, 15) is 8.42 Å². The lowest BCUT2D eigenvalue weighted by molar-refractivity contribution is 0.310. The van der Waals surface area contributed by atoms with Crippen LogP contribution in [-0.4, -0.2) is 19.4 Å². The fourth-order valence-electron chi connectivity index (χ4n) is 2.34. The van der Waals surface area contributed by atoms with Gasteiger partial charge in [-0.15, -0.1) is 0 Å². The molecule has 2 unspecified atom stereocenters. The van der Waals surface area contributed by atoms with Crippen molar-refractivity contribution in [3.05, 3.63) is 17.3 Å². The third-order valence-corrected chi connectivity index (χ3v) is 5.33. The fourth-order valence-corrected chi connectivity index (χ4v) is 3.92. The second-order valence-corrected chi connectivity index (χ2v) is 7.15. The van der Waals surface area contributed by atoms with Crippen LogP contribution in [0.4, 0.5) is 5.82 Å². The number of aromatic nitrogens is 1. The molecule has 1 fully saturated rings. The molecule has 1 aliphatic rings. The summed E-state index contributed by atoms with van der Waals surface area (Å²) in [4.78, 5) is 3.84. The lowest BCUT2D eigenvalue weighted by Gasteiger charge is -2.29. The number of hydrogen-bond donors (Lipinski definition) is 2. The van der Waals surface area contributed by atoms with Gasteiger partial charge in [-0.1, -0.05) is 31.4 Å². The molecule has 1 aliphatic carbocycles. The Morgan fingerprint density at radius 2 is 2.11 bits per heavy atom. The van der Waals surface area contributed by atoms with Crippen LogP contribution in [0, 0.1) is 5.92 Å². The van der Waals surface area contributed by atoms with Crippen LogP contribution in [0.3, 0.4) is 0 Å². The van der Waals surface area contributed by atoms with E-state index in [0.29, 0.717) is 5.92 Å². The zero-order valence-corrected chi connectivity index (χ0v) is 12.3. The lowest BCUT2D eigenvalue weighted by Crippen LogP contribution is -2.41. The minimum Gasteiger partial charge on any atom is -0.382 e. The number of rotatable bonds is 3. The Hall–Kier alpha value is -0.850. The first-order chi connectivity index (χ1) is 8.90. The number of halogens is 1. The van der Waals surface area contributed by atoms with Crippen molar-refractivity contribution in [1.82, 2.24) is 9.71 Å². The fraction of sp³-hybridized carbons (Fsp3) is 0.583. The molecular formula is C12H18ClN3O2S. The Bertz CT molecular complexity index is 562. The van der Waals surface area contributed by atoms with Crippen molar-refractivity contribution in [3.63, 3.8) is 0 Å². The lowest BCUT2D eigenvalue weighted by atomic mass is 9.87. The van der Waals surface area contributed by atoms with Gasteiger partial charge in [0.2, 0.25) is 10.0 Å². The monoisotopic (exact) mass is 303 g/mol. The Kier molecular flexibility index (Phi) is 4.32. The summed E-state index contributed by atoms with van der Waals surface area (Å²) in [5.74, 6) is 0.479. The number of anilines is 1. The summed E-state index contributed by atoms with van der Waals surface area (Å²) >= 11 is 5.81. The number of pyridine rings is 1. The average molecular weight is 304 g/mol. The molecule has 106 valence electrons. The van der Waals surface area contributed by atoms with Crippen LogP contribution in [0.15, 0.2) is 17.2 Å². The standard InChI is InChI=1S/C12H18ClN3O2S/c1-8-4-2-3-5-11(8)16-19(17,18)9-6-10(13)12(14)15-7-9/h6-8,11,16H,2-5H2,1H3,(H2,14,15). The van der Waals surface area contributed by atoms with Crippen LogP contribution in [0.5, 0.6) is 0 Å². The SMILES string of the molecule is CC1CCCCC1NS(=O)(=O)c1cnc(N)c(Cl)c1. The van der Waals surface area contributed by atoms with E-state index in [4.69, 9.17) is 17.3 Å². The maximum Gasteiger partial charge on any atom is 0.242 e. The highest BCUT2D eigenvalue weighted by Crippen LogP contribution is 2.26. The molecule has 5 nitrogen and oxygen atoms in total. The van der Waals surface area contributed by atoms with Gasteiger partial charge >= 0.3 is 0 Å². The van der Waals surface area contributed by atoms with Gasteiger partial charge in [0, 0.05) is 12.2 Å². The second-order valence-electron chi connectivity index (χ2n) is 5.03. The molecule has 1 heterocycles. The van der Waals surface area contributed by atoms with Crippen molar-refractivity contribution >= 4 is 27.4 Å². The summed E-state index contributed by atoms with van der Waals surface area (Å²) in [5.41, 5.74) is 5.48. The van der Waals surface area contributed by atoms with E-state index in [1.165, 1.54) is 12.3 Å². The van der Waals surface area contributed by atoms with Crippen molar-refractivity contribution in [2.75, 3.05) is 5.73 Å².